The number of rotatable bonds is 3. The fraction of sp³-hybridized carbons (Fsp3) is 0.250. The largest absolute Gasteiger partial charge is 0.395 e. The zero-order valence-corrected chi connectivity index (χ0v) is 7.18. The highest BCUT2D eigenvalue weighted by molar-refractivity contribution is 7.85. The topological polar surface area (TPSA) is 37.3 Å². The van der Waals surface area contributed by atoms with Gasteiger partial charge < -0.3 is 5.11 Å². The van der Waals surface area contributed by atoms with Crippen molar-refractivity contribution in [1.29, 1.82) is 0 Å². The lowest BCUT2D eigenvalue weighted by molar-refractivity contribution is 0.321. The van der Waals surface area contributed by atoms with Crippen LogP contribution in [0.5, 0.6) is 0 Å². The fourth-order valence-corrected chi connectivity index (χ4v) is 1.63. The van der Waals surface area contributed by atoms with E-state index >= 15 is 0 Å². The molecule has 0 amide bonds. The Labute approximate surface area is 72.5 Å². The van der Waals surface area contributed by atoms with Crippen LogP contribution in [-0.4, -0.2) is 21.7 Å². The van der Waals surface area contributed by atoms with Crippen molar-refractivity contribution in [2.75, 3.05) is 12.4 Å². The number of aliphatic hydroxyl groups excluding tert-OH is 1. The highest BCUT2D eigenvalue weighted by Gasteiger charge is 2.01. The smallest absolute Gasteiger partial charge is 0.123 e. The van der Waals surface area contributed by atoms with Gasteiger partial charge in [-0.05, 0) is 24.3 Å². The third-order valence-electron chi connectivity index (χ3n) is 1.35. The molecule has 0 aromatic heterocycles. The van der Waals surface area contributed by atoms with Crippen LogP contribution in [0.3, 0.4) is 0 Å². The van der Waals surface area contributed by atoms with Crippen molar-refractivity contribution in [3.63, 3.8) is 0 Å². The molecule has 0 saturated carbocycles. The van der Waals surface area contributed by atoms with Crippen LogP contribution in [0.15, 0.2) is 29.2 Å². The minimum atomic E-state index is -1.21. The molecule has 0 spiro atoms. The third kappa shape index (κ3) is 2.39. The van der Waals surface area contributed by atoms with Gasteiger partial charge in [-0.1, -0.05) is 0 Å². The van der Waals surface area contributed by atoms with Crippen molar-refractivity contribution in [3.8, 4) is 0 Å². The Kier molecular flexibility index (Phi) is 3.37. The van der Waals surface area contributed by atoms with Crippen LogP contribution >= 0.6 is 0 Å². The van der Waals surface area contributed by atoms with Gasteiger partial charge in [0.05, 0.1) is 23.2 Å². The van der Waals surface area contributed by atoms with Crippen LogP contribution in [0.1, 0.15) is 0 Å². The van der Waals surface area contributed by atoms with Crippen molar-refractivity contribution in [3.05, 3.63) is 30.1 Å². The molecule has 0 aliphatic heterocycles. The molecular formula is C8H9FO2S. The molecule has 1 N–H and O–H groups in total. The number of hydrogen-bond acceptors (Lipinski definition) is 2. The van der Waals surface area contributed by atoms with Gasteiger partial charge in [-0.25, -0.2) is 4.39 Å². The summed E-state index contributed by atoms with van der Waals surface area (Å²) in [7, 11) is -1.21. The molecule has 0 aliphatic carbocycles. The lowest BCUT2D eigenvalue weighted by atomic mass is 10.4. The quantitative estimate of drug-likeness (QED) is 0.766. The van der Waals surface area contributed by atoms with Crippen LogP contribution in [0.2, 0.25) is 0 Å². The summed E-state index contributed by atoms with van der Waals surface area (Å²) in [6.45, 7) is -0.121. The van der Waals surface area contributed by atoms with E-state index in [-0.39, 0.29) is 18.2 Å². The third-order valence-corrected chi connectivity index (χ3v) is 2.70. The molecule has 2 nitrogen and oxygen atoms in total. The van der Waals surface area contributed by atoms with Gasteiger partial charge in [-0.15, -0.1) is 0 Å². The average molecular weight is 188 g/mol. The minimum absolute atomic E-state index is 0.121. The van der Waals surface area contributed by atoms with E-state index in [1.165, 1.54) is 24.3 Å². The first-order valence-electron chi connectivity index (χ1n) is 3.49. The molecule has 0 heterocycles. The molecule has 1 unspecified atom stereocenters. The van der Waals surface area contributed by atoms with Crippen molar-refractivity contribution < 1.29 is 13.7 Å². The molecule has 12 heavy (non-hydrogen) atoms. The summed E-state index contributed by atoms with van der Waals surface area (Å²) in [5, 5.41) is 8.49. The minimum Gasteiger partial charge on any atom is -0.395 e. The molecule has 1 aromatic carbocycles. The fourth-order valence-electron chi connectivity index (χ4n) is 0.787. The molecule has 0 saturated heterocycles. The van der Waals surface area contributed by atoms with Crippen molar-refractivity contribution in [2.45, 2.75) is 4.90 Å². The first-order valence-corrected chi connectivity index (χ1v) is 4.80. The highest BCUT2D eigenvalue weighted by Crippen LogP contribution is 2.07. The molecule has 0 fully saturated rings. The lowest BCUT2D eigenvalue weighted by Crippen LogP contribution is -2.01. The summed E-state index contributed by atoms with van der Waals surface area (Å²) >= 11 is 0. The van der Waals surface area contributed by atoms with Gasteiger partial charge in [0.2, 0.25) is 0 Å². The van der Waals surface area contributed by atoms with Gasteiger partial charge in [-0.3, -0.25) is 4.21 Å². The zero-order valence-electron chi connectivity index (χ0n) is 6.37. The second kappa shape index (κ2) is 4.33. The van der Waals surface area contributed by atoms with Crippen molar-refractivity contribution in [2.24, 2.45) is 0 Å². The van der Waals surface area contributed by atoms with Crippen molar-refractivity contribution in [1.82, 2.24) is 0 Å². The molecule has 0 bridgehead atoms. The van der Waals surface area contributed by atoms with Crippen LogP contribution < -0.4 is 0 Å². The van der Waals surface area contributed by atoms with Gasteiger partial charge in [-0.2, -0.15) is 0 Å². The molecule has 4 heteroatoms. The average Bonchev–Trinajstić information content (AvgIpc) is 2.06. The van der Waals surface area contributed by atoms with Gasteiger partial charge in [0.1, 0.15) is 5.82 Å². The summed E-state index contributed by atoms with van der Waals surface area (Å²) in [5.41, 5.74) is 0. The lowest BCUT2D eigenvalue weighted by Gasteiger charge is -1.98. The second-order valence-corrected chi connectivity index (χ2v) is 3.80. The predicted octanol–water partition coefficient (Wildman–Crippen LogP) is 0.926. The standard InChI is InChI=1S/C8H9FO2S/c9-7-1-3-8(4-2-7)12(11)6-5-10/h1-4,10H,5-6H2. The number of hydrogen-bond donors (Lipinski definition) is 1. The SMILES string of the molecule is O=S(CCO)c1ccc(F)cc1. The van der Waals surface area contributed by atoms with E-state index in [1.807, 2.05) is 0 Å². The maximum atomic E-state index is 12.4. The molecule has 1 aromatic rings. The Balaban J connectivity index is 2.75. The molecule has 0 radical (unpaired) electrons. The van der Waals surface area contributed by atoms with Gasteiger partial charge in [0.15, 0.2) is 0 Å². The maximum Gasteiger partial charge on any atom is 0.123 e. The Morgan fingerprint density at radius 2 is 1.92 bits per heavy atom. The molecule has 0 aliphatic rings. The maximum absolute atomic E-state index is 12.4. The first kappa shape index (κ1) is 9.35. The van der Waals surface area contributed by atoms with Crippen LogP contribution in [0, 0.1) is 5.82 Å². The predicted molar refractivity (Wildman–Crippen MR) is 44.8 cm³/mol. The van der Waals surface area contributed by atoms with E-state index < -0.39 is 10.8 Å². The van der Waals surface area contributed by atoms with Gasteiger partial charge in [0.25, 0.3) is 0 Å². The van der Waals surface area contributed by atoms with E-state index in [2.05, 4.69) is 0 Å². The van der Waals surface area contributed by atoms with Crippen LogP contribution in [0.4, 0.5) is 4.39 Å². The summed E-state index contributed by atoms with van der Waals surface area (Å²) < 4.78 is 23.6. The molecule has 66 valence electrons. The van der Waals surface area contributed by atoms with Gasteiger partial charge >= 0.3 is 0 Å². The molecule has 1 rings (SSSR count). The van der Waals surface area contributed by atoms with Crippen LogP contribution in [0.25, 0.3) is 0 Å². The Hall–Kier alpha value is -0.740. The van der Waals surface area contributed by atoms with Crippen LogP contribution in [-0.2, 0) is 10.8 Å². The Bertz CT molecular complexity index is 271. The van der Waals surface area contributed by atoms with E-state index in [1.54, 1.807) is 0 Å². The highest BCUT2D eigenvalue weighted by atomic mass is 32.2. The monoisotopic (exact) mass is 188 g/mol. The Morgan fingerprint density at radius 3 is 2.42 bits per heavy atom. The molecule has 1 atom stereocenters. The Morgan fingerprint density at radius 1 is 1.33 bits per heavy atom. The number of halogens is 1. The summed E-state index contributed by atoms with van der Waals surface area (Å²) in [4.78, 5) is 0.547. The van der Waals surface area contributed by atoms with E-state index in [9.17, 15) is 8.60 Å². The zero-order chi connectivity index (χ0) is 8.97. The van der Waals surface area contributed by atoms with Gasteiger partial charge in [0, 0.05) is 4.90 Å². The molecular weight excluding hydrogens is 179 g/mol. The van der Waals surface area contributed by atoms with E-state index in [4.69, 9.17) is 5.11 Å². The first-order chi connectivity index (χ1) is 5.74. The summed E-state index contributed by atoms with van der Waals surface area (Å²) in [5.74, 6) is -0.147. The van der Waals surface area contributed by atoms with E-state index in [0.717, 1.165) is 0 Å². The number of benzene rings is 1. The normalized spacial score (nSPS) is 12.8. The number of aliphatic hydroxyl groups is 1. The second-order valence-electron chi connectivity index (χ2n) is 2.23. The summed E-state index contributed by atoms with van der Waals surface area (Å²) in [6.07, 6.45) is 0. The van der Waals surface area contributed by atoms with E-state index in [0.29, 0.717) is 4.90 Å². The van der Waals surface area contributed by atoms with Crippen molar-refractivity contribution >= 4 is 10.8 Å². The summed E-state index contributed by atoms with van der Waals surface area (Å²) in [6, 6.07) is 5.43.